The lowest BCUT2D eigenvalue weighted by Gasteiger charge is -2.24. The molecule has 3 unspecified atom stereocenters. The fourth-order valence-electron chi connectivity index (χ4n) is 3.31. The highest BCUT2D eigenvalue weighted by molar-refractivity contribution is 5.82. The largest absolute Gasteiger partial charge is 0.380 e. The standard InChI is InChI=1S/C16H30N2O2/c1-12(2)7-9-20-10-8-17-16(19)15-11-13-5-3-4-6-14(13)18-15/h12-15,18H,3-11H2,1-2H3,(H,17,19). The number of hydrogen-bond acceptors (Lipinski definition) is 3. The third-order valence-corrected chi connectivity index (χ3v) is 4.56. The summed E-state index contributed by atoms with van der Waals surface area (Å²) < 4.78 is 5.52. The van der Waals surface area contributed by atoms with E-state index in [4.69, 9.17) is 4.74 Å². The monoisotopic (exact) mass is 282 g/mol. The summed E-state index contributed by atoms with van der Waals surface area (Å²) in [7, 11) is 0. The fraction of sp³-hybridized carbons (Fsp3) is 0.938. The normalized spacial score (nSPS) is 29.4. The zero-order valence-electron chi connectivity index (χ0n) is 13.0. The summed E-state index contributed by atoms with van der Waals surface area (Å²) in [6.07, 6.45) is 7.28. The van der Waals surface area contributed by atoms with Gasteiger partial charge in [0.05, 0.1) is 12.6 Å². The second-order valence-electron chi connectivity index (χ2n) is 6.69. The highest BCUT2D eigenvalue weighted by Gasteiger charge is 2.37. The summed E-state index contributed by atoms with van der Waals surface area (Å²) >= 11 is 0. The van der Waals surface area contributed by atoms with Gasteiger partial charge in [-0.05, 0) is 37.5 Å². The Morgan fingerprint density at radius 1 is 1.30 bits per heavy atom. The summed E-state index contributed by atoms with van der Waals surface area (Å²) in [5.74, 6) is 1.56. The lowest BCUT2D eigenvalue weighted by Crippen LogP contribution is -2.44. The first kappa shape index (κ1) is 15.8. The van der Waals surface area contributed by atoms with Crippen molar-refractivity contribution in [2.45, 2.75) is 64.5 Å². The van der Waals surface area contributed by atoms with Crippen molar-refractivity contribution in [3.8, 4) is 0 Å². The van der Waals surface area contributed by atoms with E-state index in [-0.39, 0.29) is 11.9 Å². The van der Waals surface area contributed by atoms with Gasteiger partial charge in [0.2, 0.25) is 5.91 Å². The molecule has 0 aromatic heterocycles. The molecule has 2 fully saturated rings. The Hall–Kier alpha value is -0.610. The average molecular weight is 282 g/mol. The quantitative estimate of drug-likeness (QED) is 0.703. The fourth-order valence-corrected chi connectivity index (χ4v) is 3.31. The maximum Gasteiger partial charge on any atom is 0.237 e. The zero-order valence-corrected chi connectivity index (χ0v) is 13.0. The lowest BCUT2D eigenvalue weighted by molar-refractivity contribution is -0.123. The molecule has 0 radical (unpaired) electrons. The van der Waals surface area contributed by atoms with E-state index in [9.17, 15) is 4.79 Å². The molecule has 0 spiro atoms. The second-order valence-corrected chi connectivity index (χ2v) is 6.69. The number of carbonyl (C=O) groups excluding carboxylic acids is 1. The van der Waals surface area contributed by atoms with Crippen LogP contribution in [0.15, 0.2) is 0 Å². The molecule has 1 aliphatic heterocycles. The van der Waals surface area contributed by atoms with Gasteiger partial charge in [-0.15, -0.1) is 0 Å². The van der Waals surface area contributed by atoms with E-state index in [1.165, 1.54) is 25.7 Å². The lowest BCUT2D eigenvalue weighted by atomic mass is 9.85. The minimum atomic E-state index is 0.0266. The molecule has 20 heavy (non-hydrogen) atoms. The van der Waals surface area contributed by atoms with Crippen molar-refractivity contribution in [3.63, 3.8) is 0 Å². The van der Waals surface area contributed by atoms with E-state index in [1.807, 2.05) is 0 Å². The molecular formula is C16H30N2O2. The smallest absolute Gasteiger partial charge is 0.237 e. The maximum absolute atomic E-state index is 12.1. The van der Waals surface area contributed by atoms with E-state index in [0.29, 0.717) is 25.1 Å². The number of ether oxygens (including phenoxy) is 1. The summed E-state index contributed by atoms with van der Waals surface area (Å²) in [6.45, 7) is 6.43. The van der Waals surface area contributed by atoms with Gasteiger partial charge in [-0.3, -0.25) is 4.79 Å². The average Bonchev–Trinajstić information content (AvgIpc) is 2.86. The van der Waals surface area contributed by atoms with Crippen LogP contribution < -0.4 is 10.6 Å². The van der Waals surface area contributed by atoms with Crippen molar-refractivity contribution in [2.24, 2.45) is 11.8 Å². The number of nitrogens with one attached hydrogen (secondary N) is 2. The molecule has 3 atom stereocenters. The van der Waals surface area contributed by atoms with Gasteiger partial charge in [-0.1, -0.05) is 26.7 Å². The van der Waals surface area contributed by atoms with Crippen LogP contribution in [0.4, 0.5) is 0 Å². The molecule has 1 amide bonds. The van der Waals surface area contributed by atoms with Crippen molar-refractivity contribution in [1.29, 1.82) is 0 Å². The minimum absolute atomic E-state index is 0.0266. The van der Waals surface area contributed by atoms with E-state index in [0.717, 1.165) is 25.4 Å². The minimum Gasteiger partial charge on any atom is -0.380 e. The molecule has 1 saturated heterocycles. The molecule has 4 nitrogen and oxygen atoms in total. The summed E-state index contributed by atoms with van der Waals surface area (Å²) in [5, 5.41) is 6.50. The summed E-state index contributed by atoms with van der Waals surface area (Å²) in [5.41, 5.74) is 0. The molecule has 2 N–H and O–H groups in total. The van der Waals surface area contributed by atoms with Gasteiger partial charge in [0, 0.05) is 19.2 Å². The number of fused-ring (bicyclic) bond motifs is 1. The van der Waals surface area contributed by atoms with Crippen LogP contribution in [0.2, 0.25) is 0 Å². The number of amides is 1. The highest BCUT2D eigenvalue weighted by atomic mass is 16.5. The van der Waals surface area contributed by atoms with Crippen molar-refractivity contribution < 1.29 is 9.53 Å². The van der Waals surface area contributed by atoms with Gasteiger partial charge >= 0.3 is 0 Å². The Morgan fingerprint density at radius 2 is 2.10 bits per heavy atom. The van der Waals surface area contributed by atoms with Gasteiger partial charge in [-0.25, -0.2) is 0 Å². The number of carbonyl (C=O) groups is 1. The van der Waals surface area contributed by atoms with Crippen LogP contribution in [0.1, 0.15) is 52.4 Å². The van der Waals surface area contributed by atoms with E-state index < -0.39 is 0 Å². The van der Waals surface area contributed by atoms with Gasteiger partial charge < -0.3 is 15.4 Å². The Bertz CT molecular complexity index is 293. The molecule has 2 rings (SSSR count). The van der Waals surface area contributed by atoms with Gasteiger partial charge in [0.15, 0.2) is 0 Å². The molecule has 0 aromatic rings. The molecule has 2 aliphatic rings. The van der Waals surface area contributed by atoms with Gasteiger partial charge in [-0.2, -0.15) is 0 Å². The Kier molecular flexibility index (Phi) is 6.30. The van der Waals surface area contributed by atoms with Crippen LogP contribution in [0, 0.1) is 11.8 Å². The molecule has 4 heteroatoms. The van der Waals surface area contributed by atoms with Crippen LogP contribution >= 0.6 is 0 Å². The maximum atomic E-state index is 12.1. The van der Waals surface area contributed by atoms with Crippen molar-refractivity contribution >= 4 is 5.91 Å². The third kappa shape index (κ3) is 4.74. The first-order chi connectivity index (χ1) is 9.66. The van der Waals surface area contributed by atoms with Gasteiger partial charge in [0.25, 0.3) is 0 Å². The van der Waals surface area contributed by atoms with Crippen LogP contribution in [0.3, 0.4) is 0 Å². The van der Waals surface area contributed by atoms with Crippen LogP contribution in [-0.4, -0.2) is 37.7 Å². The third-order valence-electron chi connectivity index (χ3n) is 4.56. The number of hydrogen-bond donors (Lipinski definition) is 2. The predicted molar refractivity (Wildman–Crippen MR) is 80.6 cm³/mol. The molecular weight excluding hydrogens is 252 g/mol. The molecule has 0 bridgehead atoms. The Morgan fingerprint density at radius 3 is 2.85 bits per heavy atom. The van der Waals surface area contributed by atoms with Gasteiger partial charge in [0.1, 0.15) is 0 Å². The van der Waals surface area contributed by atoms with E-state index in [2.05, 4.69) is 24.5 Å². The molecule has 0 aromatic carbocycles. The van der Waals surface area contributed by atoms with Crippen LogP contribution in [0.5, 0.6) is 0 Å². The first-order valence-corrected chi connectivity index (χ1v) is 8.28. The Balaban J connectivity index is 1.56. The topological polar surface area (TPSA) is 50.4 Å². The predicted octanol–water partition coefficient (Wildman–Crippen LogP) is 2.09. The van der Waals surface area contributed by atoms with E-state index in [1.54, 1.807) is 0 Å². The van der Waals surface area contributed by atoms with Crippen molar-refractivity contribution in [1.82, 2.24) is 10.6 Å². The van der Waals surface area contributed by atoms with Crippen LogP contribution in [-0.2, 0) is 9.53 Å². The second kappa shape index (κ2) is 7.99. The molecule has 1 heterocycles. The summed E-state index contributed by atoms with van der Waals surface area (Å²) in [4.78, 5) is 12.1. The number of rotatable bonds is 7. The SMILES string of the molecule is CC(C)CCOCCNC(=O)C1CC2CCCCC2N1. The molecule has 116 valence electrons. The Labute approximate surface area is 123 Å². The van der Waals surface area contributed by atoms with Crippen LogP contribution in [0.25, 0.3) is 0 Å². The van der Waals surface area contributed by atoms with E-state index >= 15 is 0 Å². The molecule has 1 saturated carbocycles. The highest BCUT2D eigenvalue weighted by Crippen LogP contribution is 2.33. The summed E-state index contributed by atoms with van der Waals surface area (Å²) in [6, 6.07) is 0.612. The van der Waals surface area contributed by atoms with Crippen molar-refractivity contribution in [2.75, 3.05) is 19.8 Å². The first-order valence-electron chi connectivity index (χ1n) is 8.28. The molecule has 1 aliphatic carbocycles. The van der Waals surface area contributed by atoms with Crippen molar-refractivity contribution in [3.05, 3.63) is 0 Å². The zero-order chi connectivity index (χ0) is 14.4.